The first kappa shape index (κ1) is 9.74. The van der Waals surface area contributed by atoms with Crippen LogP contribution in [0.1, 0.15) is 18.6 Å². The van der Waals surface area contributed by atoms with E-state index in [4.69, 9.17) is 9.84 Å². The van der Waals surface area contributed by atoms with Gasteiger partial charge in [-0.1, -0.05) is 30.3 Å². The zero-order valence-corrected chi connectivity index (χ0v) is 7.43. The summed E-state index contributed by atoms with van der Waals surface area (Å²) in [6.07, 6.45) is -0.169. The molecule has 0 heterocycles. The lowest BCUT2D eigenvalue weighted by molar-refractivity contribution is -0.144. The van der Waals surface area contributed by atoms with Gasteiger partial charge in [0.05, 0.1) is 6.10 Å². The molecule has 0 spiro atoms. The van der Waals surface area contributed by atoms with Crippen molar-refractivity contribution in [1.82, 2.24) is 0 Å². The standard InChI is InChI=1S/C10H12O3/c1-8(13-7-10(11)12)9-5-3-2-4-6-9/h2-6,8H,7H2,1H3,(H,11,12). The Labute approximate surface area is 77.0 Å². The average molecular weight is 180 g/mol. The van der Waals surface area contributed by atoms with Gasteiger partial charge in [-0.05, 0) is 12.5 Å². The first-order chi connectivity index (χ1) is 6.20. The second kappa shape index (κ2) is 4.62. The molecule has 13 heavy (non-hydrogen) atoms. The Hall–Kier alpha value is -1.35. The summed E-state index contributed by atoms with van der Waals surface area (Å²) in [5.41, 5.74) is 0.990. The van der Waals surface area contributed by atoms with Crippen molar-refractivity contribution in [1.29, 1.82) is 0 Å². The van der Waals surface area contributed by atoms with Gasteiger partial charge in [0.25, 0.3) is 0 Å². The van der Waals surface area contributed by atoms with Crippen LogP contribution in [-0.4, -0.2) is 17.7 Å². The third kappa shape index (κ3) is 3.25. The summed E-state index contributed by atoms with van der Waals surface area (Å²) < 4.78 is 5.09. The minimum absolute atomic E-state index is 0.169. The first-order valence-corrected chi connectivity index (χ1v) is 4.08. The lowest BCUT2D eigenvalue weighted by Gasteiger charge is -2.10. The molecule has 1 unspecified atom stereocenters. The number of hydrogen-bond donors (Lipinski definition) is 1. The number of carboxylic acid groups (broad SMARTS) is 1. The highest BCUT2D eigenvalue weighted by molar-refractivity contribution is 5.68. The summed E-state index contributed by atoms with van der Waals surface area (Å²) in [4.78, 5) is 10.2. The number of carbonyl (C=O) groups is 1. The maximum Gasteiger partial charge on any atom is 0.329 e. The van der Waals surface area contributed by atoms with Gasteiger partial charge in [-0.15, -0.1) is 0 Å². The molecular formula is C10H12O3. The van der Waals surface area contributed by atoms with E-state index in [0.717, 1.165) is 5.56 Å². The van der Waals surface area contributed by atoms with Crippen molar-refractivity contribution in [3.05, 3.63) is 35.9 Å². The van der Waals surface area contributed by atoms with Gasteiger partial charge in [0.1, 0.15) is 6.61 Å². The number of benzene rings is 1. The lowest BCUT2D eigenvalue weighted by Crippen LogP contribution is -2.09. The number of aliphatic carboxylic acids is 1. The third-order valence-electron chi connectivity index (χ3n) is 1.73. The van der Waals surface area contributed by atoms with Gasteiger partial charge in [-0.2, -0.15) is 0 Å². The Morgan fingerprint density at radius 2 is 2.08 bits per heavy atom. The summed E-state index contributed by atoms with van der Waals surface area (Å²) >= 11 is 0. The lowest BCUT2D eigenvalue weighted by atomic mass is 10.1. The molecule has 3 nitrogen and oxygen atoms in total. The van der Waals surface area contributed by atoms with Crippen molar-refractivity contribution in [2.75, 3.05) is 6.61 Å². The molecule has 0 aliphatic heterocycles. The smallest absolute Gasteiger partial charge is 0.329 e. The molecule has 0 aliphatic rings. The van der Waals surface area contributed by atoms with Crippen LogP contribution in [0.5, 0.6) is 0 Å². The second-order valence-corrected chi connectivity index (χ2v) is 2.76. The SMILES string of the molecule is CC(OCC(=O)O)c1ccccc1. The fourth-order valence-corrected chi connectivity index (χ4v) is 1.02. The van der Waals surface area contributed by atoms with E-state index < -0.39 is 5.97 Å². The number of carboxylic acids is 1. The molecule has 0 bridgehead atoms. The Balaban J connectivity index is 2.49. The van der Waals surface area contributed by atoms with E-state index in [0.29, 0.717) is 0 Å². The van der Waals surface area contributed by atoms with E-state index in [-0.39, 0.29) is 12.7 Å². The topological polar surface area (TPSA) is 46.5 Å². The van der Waals surface area contributed by atoms with Gasteiger partial charge in [0.2, 0.25) is 0 Å². The summed E-state index contributed by atoms with van der Waals surface area (Å²) in [5.74, 6) is -0.942. The predicted octanol–water partition coefficient (Wildman–Crippen LogP) is 1.85. The van der Waals surface area contributed by atoms with Crippen LogP contribution < -0.4 is 0 Å². The molecule has 0 saturated carbocycles. The predicted molar refractivity (Wildman–Crippen MR) is 48.4 cm³/mol. The molecule has 3 heteroatoms. The Morgan fingerprint density at radius 1 is 1.46 bits per heavy atom. The molecule has 0 aliphatic carbocycles. The highest BCUT2D eigenvalue weighted by Gasteiger charge is 2.06. The highest BCUT2D eigenvalue weighted by Crippen LogP contribution is 2.15. The van der Waals surface area contributed by atoms with Crippen molar-refractivity contribution >= 4 is 5.97 Å². The zero-order valence-electron chi connectivity index (χ0n) is 7.43. The Bertz CT molecular complexity index is 269. The number of rotatable bonds is 4. The molecular weight excluding hydrogens is 168 g/mol. The van der Waals surface area contributed by atoms with E-state index in [1.807, 2.05) is 37.3 Å². The van der Waals surface area contributed by atoms with Crippen molar-refractivity contribution in [3.63, 3.8) is 0 Å². The molecule has 0 saturated heterocycles. The third-order valence-corrected chi connectivity index (χ3v) is 1.73. The van der Waals surface area contributed by atoms with E-state index in [1.54, 1.807) is 0 Å². The zero-order chi connectivity index (χ0) is 9.68. The van der Waals surface area contributed by atoms with Crippen molar-refractivity contribution in [2.45, 2.75) is 13.0 Å². The van der Waals surface area contributed by atoms with E-state index in [9.17, 15) is 4.79 Å². The molecule has 70 valence electrons. The Kier molecular flexibility index (Phi) is 3.46. The van der Waals surface area contributed by atoms with Crippen LogP contribution in [0.15, 0.2) is 30.3 Å². The highest BCUT2D eigenvalue weighted by atomic mass is 16.5. The van der Waals surface area contributed by atoms with E-state index >= 15 is 0 Å². The largest absolute Gasteiger partial charge is 0.480 e. The summed E-state index contributed by atoms with van der Waals surface area (Å²) in [6, 6.07) is 9.53. The van der Waals surface area contributed by atoms with Crippen LogP contribution in [0, 0.1) is 0 Å². The second-order valence-electron chi connectivity index (χ2n) is 2.76. The normalized spacial score (nSPS) is 12.4. The summed E-state index contributed by atoms with van der Waals surface area (Å²) in [6.45, 7) is 1.58. The molecule has 1 aromatic carbocycles. The fraction of sp³-hybridized carbons (Fsp3) is 0.300. The van der Waals surface area contributed by atoms with Crippen molar-refractivity contribution < 1.29 is 14.6 Å². The minimum Gasteiger partial charge on any atom is -0.480 e. The van der Waals surface area contributed by atoms with Crippen molar-refractivity contribution in [3.8, 4) is 0 Å². The molecule has 0 amide bonds. The molecule has 0 fully saturated rings. The number of hydrogen-bond acceptors (Lipinski definition) is 2. The summed E-state index contributed by atoms with van der Waals surface area (Å²) in [5, 5.41) is 8.38. The first-order valence-electron chi connectivity index (χ1n) is 4.08. The molecule has 0 radical (unpaired) electrons. The van der Waals surface area contributed by atoms with Gasteiger partial charge in [0.15, 0.2) is 0 Å². The van der Waals surface area contributed by atoms with Crippen LogP contribution in [-0.2, 0) is 9.53 Å². The van der Waals surface area contributed by atoms with Crippen LogP contribution in [0.2, 0.25) is 0 Å². The minimum atomic E-state index is -0.942. The molecule has 1 atom stereocenters. The van der Waals surface area contributed by atoms with Gasteiger partial charge < -0.3 is 9.84 Å². The van der Waals surface area contributed by atoms with Crippen LogP contribution >= 0.6 is 0 Å². The molecule has 1 aromatic rings. The fourth-order valence-electron chi connectivity index (χ4n) is 1.02. The van der Waals surface area contributed by atoms with E-state index in [2.05, 4.69) is 0 Å². The van der Waals surface area contributed by atoms with E-state index in [1.165, 1.54) is 0 Å². The molecule has 1 N–H and O–H groups in total. The average Bonchev–Trinajstić information content (AvgIpc) is 2.15. The monoisotopic (exact) mass is 180 g/mol. The maximum atomic E-state index is 10.2. The van der Waals surface area contributed by atoms with Crippen LogP contribution in [0.25, 0.3) is 0 Å². The quantitative estimate of drug-likeness (QED) is 0.769. The van der Waals surface area contributed by atoms with Crippen LogP contribution in [0.4, 0.5) is 0 Å². The van der Waals surface area contributed by atoms with Gasteiger partial charge in [0, 0.05) is 0 Å². The van der Waals surface area contributed by atoms with Crippen molar-refractivity contribution in [2.24, 2.45) is 0 Å². The van der Waals surface area contributed by atoms with Gasteiger partial charge in [-0.3, -0.25) is 0 Å². The number of ether oxygens (including phenoxy) is 1. The molecule has 0 aromatic heterocycles. The maximum absolute atomic E-state index is 10.2. The van der Waals surface area contributed by atoms with Crippen LogP contribution in [0.3, 0.4) is 0 Å². The Morgan fingerprint density at radius 3 is 2.62 bits per heavy atom. The van der Waals surface area contributed by atoms with Gasteiger partial charge in [-0.25, -0.2) is 4.79 Å². The van der Waals surface area contributed by atoms with Gasteiger partial charge >= 0.3 is 5.97 Å². The summed E-state index contributed by atoms with van der Waals surface area (Å²) in [7, 11) is 0. The molecule has 1 rings (SSSR count).